The van der Waals surface area contributed by atoms with E-state index in [4.69, 9.17) is 0 Å². The van der Waals surface area contributed by atoms with Gasteiger partial charge >= 0.3 is 0 Å². The summed E-state index contributed by atoms with van der Waals surface area (Å²) in [5.74, 6) is 0.614. The van der Waals surface area contributed by atoms with Crippen LogP contribution < -0.4 is 5.32 Å². The Kier molecular flexibility index (Phi) is 5.41. The summed E-state index contributed by atoms with van der Waals surface area (Å²) in [6, 6.07) is 13.7. The van der Waals surface area contributed by atoms with E-state index in [2.05, 4.69) is 46.1 Å². The molecule has 0 fully saturated rings. The lowest BCUT2D eigenvalue weighted by Crippen LogP contribution is -2.16. The summed E-state index contributed by atoms with van der Waals surface area (Å²) in [4.78, 5) is 25.9. The Hall–Kier alpha value is -3.39. The third-order valence-corrected chi connectivity index (χ3v) is 5.29. The molecule has 0 radical (unpaired) electrons. The van der Waals surface area contributed by atoms with E-state index in [9.17, 15) is 4.79 Å². The third-order valence-electron chi connectivity index (χ3n) is 4.44. The maximum absolute atomic E-state index is 12.9. The molecule has 0 saturated carbocycles. The molecule has 30 heavy (non-hydrogen) atoms. The molecule has 152 valence electrons. The summed E-state index contributed by atoms with van der Waals surface area (Å²) in [6.07, 6.45) is 3.98. The first-order valence-electron chi connectivity index (χ1n) is 9.58. The number of anilines is 1. The molecule has 0 spiro atoms. The highest BCUT2D eigenvalue weighted by Gasteiger charge is 2.23. The number of nitrogens with one attached hydrogen (secondary N) is 1. The van der Waals surface area contributed by atoms with Crippen molar-refractivity contribution in [1.29, 1.82) is 0 Å². The molecule has 1 N–H and O–H groups in total. The van der Waals surface area contributed by atoms with Gasteiger partial charge in [0.05, 0.1) is 10.7 Å². The van der Waals surface area contributed by atoms with Crippen molar-refractivity contribution < 1.29 is 4.79 Å². The third kappa shape index (κ3) is 4.44. The van der Waals surface area contributed by atoms with Gasteiger partial charge in [-0.2, -0.15) is 9.78 Å². The van der Waals surface area contributed by atoms with Crippen LogP contribution in [0.4, 0.5) is 5.82 Å². The van der Waals surface area contributed by atoms with Gasteiger partial charge in [-0.1, -0.05) is 51.1 Å². The molecule has 0 unspecified atom stereocenters. The van der Waals surface area contributed by atoms with Crippen molar-refractivity contribution in [2.24, 2.45) is 0 Å². The molecule has 0 aliphatic heterocycles. The molecule has 3 aromatic heterocycles. The normalized spacial score (nSPS) is 11.4. The monoisotopic (exact) mass is 418 g/mol. The van der Waals surface area contributed by atoms with E-state index < -0.39 is 0 Å². The maximum Gasteiger partial charge on any atom is 0.276 e. The summed E-state index contributed by atoms with van der Waals surface area (Å²) in [5.41, 5.74) is 2.18. The Morgan fingerprint density at radius 2 is 1.83 bits per heavy atom. The number of carbonyl (C=O) groups is 1. The van der Waals surface area contributed by atoms with Gasteiger partial charge in [-0.15, -0.1) is 11.3 Å². The van der Waals surface area contributed by atoms with E-state index >= 15 is 0 Å². The van der Waals surface area contributed by atoms with Gasteiger partial charge in [-0.3, -0.25) is 4.79 Å². The van der Waals surface area contributed by atoms with Gasteiger partial charge in [0, 0.05) is 35.7 Å². The predicted molar refractivity (Wildman–Crippen MR) is 117 cm³/mol. The lowest BCUT2D eigenvalue weighted by atomic mass is 9.92. The van der Waals surface area contributed by atoms with Gasteiger partial charge in [-0.25, -0.2) is 15.0 Å². The number of aromatic nitrogens is 5. The molecule has 4 aromatic rings. The van der Waals surface area contributed by atoms with Crippen LogP contribution in [0.1, 0.15) is 47.5 Å². The van der Waals surface area contributed by atoms with Crippen LogP contribution in [0, 0.1) is 0 Å². The lowest BCUT2D eigenvalue weighted by molar-refractivity contribution is 0.102. The van der Waals surface area contributed by atoms with E-state index in [-0.39, 0.29) is 11.3 Å². The zero-order chi connectivity index (χ0) is 21.1. The van der Waals surface area contributed by atoms with Gasteiger partial charge < -0.3 is 5.32 Å². The van der Waals surface area contributed by atoms with Gasteiger partial charge in [0.15, 0.2) is 0 Å². The number of hydrogen-bond acceptors (Lipinski definition) is 6. The van der Waals surface area contributed by atoms with Crippen molar-refractivity contribution in [3.63, 3.8) is 0 Å². The van der Waals surface area contributed by atoms with Crippen LogP contribution in [0.25, 0.3) is 5.95 Å². The SMILES string of the molecule is CC(C)(C)c1cc(NC(=O)c2csc(Cc3ccccc3)n2)n(-c2ncccn2)n1. The molecule has 0 atom stereocenters. The fourth-order valence-electron chi connectivity index (χ4n) is 2.84. The van der Waals surface area contributed by atoms with Crippen molar-refractivity contribution in [2.45, 2.75) is 32.6 Å². The zero-order valence-corrected chi connectivity index (χ0v) is 17.8. The first-order valence-corrected chi connectivity index (χ1v) is 10.5. The molecule has 1 aromatic carbocycles. The highest BCUT2D eigenvalue weighted by molar-refractivity contribution is 7.09. The van der Waals surface area contributed by atoms with Crippen LogP contribution in [0.2, 0.25) is 0 Å². The van der Waals surface area contributed by atoms with Crippen LogP contribution in [-0.4, -0.2) is 30.6 Å². The van der Waals surface area contributed by atoms with Crippen molar-refractivity contribution >= 4 is 23.1 Å². The Morgan fingerprint density at radius 1 is 1.10 bits per heavy atom. The van der Waals surface area contributed by atoms with Crippen LogP contribution >= 0.6 is 11.3 Å². The molecule has 0 aliphatic carbocycles. The Labute approximate surface area is 178 Å². The van der Waals surface area contributed by atoms with Gasteiger partial charge in [-0.05, 0) is 11.6 Å². The maximum atomic E-state index is 12.9. The average molecular weight is 419 g/mol. The van der Waals surface area contributed by atoms with Gasteiger partial charge in [0.25, 0.3) is 11.9 Å². The molecular weight excluding hydrogens is 396 g/mol. The minimum absolute atomic E-state index is 0.191. The van der Waals surface area contributed by atoms with E-state index in [1.54, 1.807) is 28.5 Å². The highest BCUT2D eigenvalue weighted by Crippen LogP contribution is 2.26. The molecule has 4 rings (SSSR count). The lowest BCUT2D eigenvalue weighted by Gasteiger charge is -2.13. The highest BCUT2D eigenvalue weighted by atomic mass is 32.1. The number of benzene rings is 1. The summed E-state index contributed by atoms with van der Waals surface area (Å²) < 4.78 is 1.55. The number of rotatable bonds is 5. The summed E-state index contributed by atoms with van der Waals surface area (Å²) in [6.45, 7) is 6.19. The predicted octanol–water partition coefficient (Wildman–Crippen LogP) is 4.26. The second-order valence-electron chi connectivity index (χ2n) is 7.87. The molecular formula is C22H22N6OS. The zero-order valence-electron chi connectivity index (χ0n) is 17.0. The number of carbonyl (C=O) groups excluding carboxylic acids is 1. The molecule has 3 heterocycles. The largest absolute Gasteiger partial charge is 0.305 e. The second kappa shape index (κ2) is 8.16. The van der Waals surface area contributed by atoms with Crippen molar-refractivity contribution in [3.05, 3.63) is 82.2 Å². The fourth-order valence-corrected chi connectivity index (χ4v) is 3.65. The molecule has 0 saturated heterocycles. The Morgan fingerprint density at radius 3 is 2.53 bits per heavy atom. The molecule has 1 amide bonds. The molecule has 0 bridgehead atoms. The van der Waals surface area contributed by atoms with Crippen LogP contribution in [-0.2, 0) is 11.8 Å². The van der Waals surface area contributed by atoms with Gasteiger partial charge in [0.2, 0.25) is 0 Å². The number of amides is 1. The van der Waals surface area contributed by atoms with E-state index in [1.807, 2.05) is 36.4 Å². The molecule has 7 nitrogen and oxygen atoms in total. The van der Waals surface area contributed by atoms with E-state index in [0.717, 1.165) is 16.3 Å². The average Bonchev–Trinajstić information content (AvgIpc) is 3.37. The van der Waals surface area contributed by atoms with Crippen molar-refractivity contribution in [3.8, 4) is 5.95 Å². The quantitative estimate of drug-likeness (QED) is 0.523. The summed E-state index contributed by atoms with van der Waals surface area (Å²) >= 11 is 1.47. The topological polar surface area (TPSA) is 85.6 Å². The second-order valence-corrected chi connectivity index (χ2v) is 8.81. The Balaban J connectivity index is 1.58. The van der Waals surface area contributed by atoms with Crippen LogP contribution in [0.15, 0.2) is 60.2 Å². The first-order chi connectivity index (χ1) is 14.4. The van der Waals surface area contributed by atoms with Crippen LogP contribution in [0.3, 0.4) is 0 Å². The number of thiazole rings is 1. The minimum atomic E-state index is -0.289. The fraction of sp³-hybridized carbons (Fsp3) is 0.227. The Bertz CT molecular complexity index is 1150. The summed E-state index contributed by atoms with van der Waals surface area (Å²) in [5, 5.41) is 10.2. The standard InChI is InChI=1S/C22H22N6OS/c1-22(2,3)17-13-18(28(27-17)21-23-10-7-11-24-21)26-20(29)16-14-30-19(25-16)12-15-8-5-4-6-9-15/h4-11,13-14H,12H2,1-3H3,(H,26,29). The number of hydrogen-bond donors (Lipinski definition) is 1. The molecule has 8 heteroatoms. The van der Waals surface area contributed by atoms with E-state index in [1.165, 1.54) is 11.3 Å². The smallest absolute Gasteiger partial charge is 0.276 e. The number of nitrogens with zero attached hydrogens (tertiary/aromatic N) is 5. The summed E-state index contributed by atoms with van der Waals surface area (Å²) in [7, 11) is 0. The first kappa shape index (κ1) is 19.9. The molecule has 0 aliphatic rings. The van der Waals surface area contributed by atoms with E-state index in [0.29, 0.717) is 23.9 Å². The van der Waals surface area contributed by atoms with Crippen molar-refractivity contribution in [1.82, 2.24) is 24.7 Å². The van der Waals surface area contributed by atoms with Crippen molar-refractivity contribution in [2.75, 3.05) is 5.32 Å². The minimum Gasteiger partial charge on any atom is -0.305 e. The van der Waals surface area contributed by atoms with Crippen LogP contribution in [0.5, 0.6) is 0 Å². The van der Waals surface area contributed by atoms with Gasteiger partial charge in [0.1, 0.15) is 11.5 Å².